The molecular weight excluding hydrogens is 480 g/mol. The molecule has 0 radical (unpaired) electrons. The maximum Gasteiger partial charge on any atom is 0.0899 e. The minimum atomic E-state index is -0.345. The SMILES string of the molecule is c1ccc2c(c1)-c1c(-c3cnc4ccccc4n3)cccc1C21c2ccccc2-c2c1sc1ccccc21. The Morgan fingerprint density at radius 1 is 0.526 bits per heavy atom. The quantitative estimate of drug-likeness (QED) is 0.225. The lowest BCUT2D eigenvalue weighted by atomic mass is 9.73. The van der Waals surface area contributed by atoms with Crippen molar-refractivity contribution < 1.29 is 0 Å². The van der Waals surface area contributed by atoms with E-state index in [0.717, 1.165) is 22.3 Å². The first kappa shape index (κ1) is 20.5. The average Bonchev–Trinajstić information content (AvgIpc) is 3.60. The molecular formula is C35H20N2S. The topological polar surface area (TPSA) is 25.8 Å². The predicted molar refractivity (Wildman–Crippen MR) is 157 cm³/mol. The van der Waals surface area contributed by atoms with Crippen molar-refractivity contribution in [2.24, 2.45) is 0 Å². The van der Waals surface area contributed by atoms with Crippen molar-refractivity contribution in [2.45, 2.75) is 5.41 Å². The van der Waals surface area contributed by atoms with Crippen molar-refractivity contribution in [1.29, 1.82) is 0 Å². The Hall–Kier alpha value is -4.60. The van der Waals surface area contributed by atoms with Gasteiger partial charge in [0.15, 0.2) is 0 Å². The summed E-state index contributed by atoms with van der Waals surface area (Å²) in [6, 6.07) is 41.7. The summed E-state index contributed by atoms with van der Waals surface area (Å²) in [4.78, 5) is 11.3. The lowest BCUT2D eigenvalue weighted by Crippen LogP contribution is -2.24. The van der Waals surface area contributed by atoms with Gasteiger partial charge in [-0.25, -0.2) is 4.98 Å². The zero-order valence-electron chi connectivity index (χ0n) is 20.3. The lowest BCUT2D eigenvalue weighted by Gasteiger charge is -2.29. The molecule has 2 nitrogen and oxygen atoms in total. The van der Waals surface area contributed by atoms with Gasteiger partial charge in [0.1, 0.15) is 0 Å². The fourth-order valence-electron chi connectivity index (χ4n) is 6.89. The lowest BCUT2D eigenvalue weighted by molar-refractivity contribution is 0.812. The fourth-order valence-corrected chi connectivity index (χ4v) is 8.34. The largest absolute Gasteiger partial charge is 0.252 e. The molecule has 0 saturated heterocycles. The molecule has 0 N–H and O–H groups in total. The monoisotopic (exact) mass is 500 g/mol. The Kier molecular flexibility index (Phi) is 3.90. The standard InChI is InChI=1S/C35H20N2S/c1-4-14-25-21(10-1)32-23(30-20-36-28-17-6-7-18-29(28)37-30)13-9-16-27(32)35(25)26-15-5-2-11-22(26)33-24-12-3-8-19-31(24)38-34(33)35/h1-20H. The Morgan fingerprint density at radius 2 is 1.16 bits per heavy atom. The van der Waals surface area contributed by atoms with Crippen LogP contribution in [0, 0.1) is 0 Å². The summed E-state index contributed by atoms with van der Waals surface area (Å²) in [5.74, 6) is 0. The van der Waals surface area contributed by atoms with Crippen LogP contribution in [0.4, 0.5) is 0 Å². The van der Waals surface area contributed by atoms with E-state index in [2.05, 4.69) is 91.0 Å². The van der Waals surface area contributed by atoms with Crippen LogP contribution in [0.3, 0.4) is 0 Å². The van der Waals surface area contributed by atoms with Crippen molar-refractivity contribution in [3.8, 4) is 33.5 Å². The van der Waals surface area contributed by atoms with Crippen LogP contribution in [0.15, 0.2) is 121 Å². The van der Waals surface area contributed by atoms with Gasteiger partial charge in [-0.05, 0) is 51.6 Å². The van der Waals surface area contributed by atoms with E-state index in [1.807, 2.05) is 41.8 Å². The first-order chi connectivity index (χ1) is 18.9. The van der Waals surface area contributed by atoms with Crippen molar-refractivity contribution in [3.63, 3.8) is 0 Å². The summed E-state index contributed by atoms with van der Waals surface area (Å²) >= 11 is 1.94. The second-order valence-electron chi connectivity index (χ2n) is 10.1. The third-order valence-electron chi connectivity index (χ3n) is 8.33. The smallest absolute Gasteiger partial charge is 0.0899 e. The molecule has 176 valence electrons. The van der Waals surface area contributed by atoms with E-state index >= 15 is 0 Å². The first-order valence-electron chi connectivity index (χ1n) is 12.9. The second kappa shape index (κ2) is 7.25. The van der Waals surface area contributed by atoms with Crippen LogP contribution >= 0.6 is 11.3 Å². The van der Waals surface area contributed by atoms with Crippen LogP contribution in [0.5, 0.6) is 0 Å². The molecule has 38 heavy (non-hydrogen) atoms. The van der Waals surface area contributed by atoms with Crippen LogP contribution < -0.4 is 0 Å². The van der Waals surface area contributed by atoms with Crippen molar-refractivity contribution in [2.75, 3.05) is 0 Å². The molecule has 2 aliphatic carbocycles. The molecule has 3 heteroatoms. The van der Waals surface area contributed by atoms with Gasteiger partial charge in [-0.15, -0.1) is 11.3 Å². The third kappa shape index (κ3) is 2.38. The van der Waals surface area contributed by atoms with E-state index in [1.54, 1.807) is 0 Å². The van der Waals surface area contributed by atoms with E-state index in [9.17, 15) is 0 Å². The molecule has 0 amide bonds. The zero-order valence-corrected chi connectivity index (χ0v) is 21.2. The maximum absolute atomic E-state index is 5.07. The molecule has 1 unspecified atom stereocenters. The van der Waals surface area contributed by atoms with E-state index in [-0.39, 0.29) is 5.41 Å². The van der Waals surface area contributed by atoms with Gasteiger partial charge >= 0.3 is 0 Å². The molecule has 5 aromatic carbocycles. The number of hydrogen-bond acceptors (Lipinski definition) is 3. The van der Waals surface area contributed by atoms with Crippen LogP contribution in [0.25, 0.3) is 54.6 Å². The summed E-state index contributed by atoms with van der Waals surface area (Å²) in [5, 5.41) is 1.35. The molecule has 0 saturated carbocycles. The number of thiophene rings is 1. The Morgan fingerprint density at radius 3 is 2.00 bits per heavy atom. The van der Waals surface area contributed by atoms with E-state index in [0.29, 0.717) is 0 Å². The molecule has 2 heterocycles. The van der Waals surface area contributed by atoms with Gasteiger partial charge in [0, 0.05) is 26.1 Å². The van der Waals surface area contributed by atoms with Crippen molar-refractivity contribution in [3.05, 3.63) is 143 Å². The number of nitrogens with zero attached hydrogens (tertiary/aromatic N) is 2. The molecule has 1 atom stereocenters. The highest BCUT2D eigenvalue weighted by atomic mass is 32.1. The van der Waals surface area contributed by atoms with Gasteiger partial charge < -0.3 is 0 Å². The summed E-state index contributed by atoms with van der Waals surface area (Å²) < 4.78 is 1.34. The molecule has 7 aromatic rings. The van der Waals surface area contributed by atoms with Crippen molar-refractivity contribution >= 4 is 32.5 Å². The van der Waals surface area contributed by atoms with Crippen LogP contribution in [0.2, 0.25) is 0 Å². The minimum Gasteiger partial charge on any atom is -0.252 e. The number of rotatable bonds is 1. The number of fused-ring (bicyclic) bond motifs is 13. The van der Waals surface area contributed by atoms with Gasteiger partial charge in [-0.1, -0.05) is 97.1 Å². The highest BCUT2D eigenvalue weighted by Gasteiger charge is 2.53. The number of para-hydroxylation sites is 2. The summed E-state index contributed by atoms with van der Waals surface area (Å²) in [6.45, 7) is 0. The molecule has 0 bridgehead atoms. The Labute approximate surface area is 223 Å². The summed E-state index contributed by atoms with van der Waals surface area (Å²) in [7, 11) is 0. The van der Waals surface area contributed by atoms with E-state index < -0.39 is 0 Å². The molecule has 2 aromatic heterocycles. The normalized spacial score (nSPS) is 16.5. The van der Waals surface area contributed by atoms with Gasteiger partial charge in [-0.3, -0.25) is 4.98 Å². The Balaban J connectivity index is 1.44. The first-order valence-corrected chi connectivity index (χ1v) is 13.7. The summed E-state index contributed by atoms with van der Waals surface area (Å²) in [6.07, 6.45) is 1.93. The van der Waals surface area contributed by atoms with E-state index in [1.165, 1.54) is 53.9 Å². The fraction of sp³-hybridized carbons (Fsp3) is 0.0286. The Bertz CT molecular complexity index is 2100. The van der Waals surface area contributed by atoms with Gasteiger partial charge in [0.25, 0.3) is 0 Å². The van der Waals surface area contributed by atoms with Gasteiger partial charge in [-0.2, -0.15) is 0 Å². The number of aromatic nitrogens is 2. The minimum absolute atomic E-state index is 0.345. The molecule has 9 rings (SSSR count). The van der Waals surface area contributed by atoms with Crippen LogP contribution in [-0.4, -0.2) is 9.97 Å². The molecule has 0 aliphatic heterocycles. The van der Waals surface area contributed by atoms with Crippen molar-refractivity contribution in [1.82, 2.24) is 9.97 Å². The average molecular weight is 501 g/mol. The molecule has 0 fully saturated rings. The second-order valence-corrected chi connectivity index (χ2v) is 11.2. The molecule has 1 spiro atoms. The number of hydrogen-bond donors (Lipinski definition) is 0. The third-order valence-corrected chi connectivity index (χ3v) is 9.62. The van der Waals surface area contributed by atoms with Gasteiger partial charge in [0.2, 0.25) is 0 Å². The number of benzene rings is 5. The van der Waals surface area contributed by atoms with Gasteiger partial charge in [0.05, 0.1) is 28.3 Å². The zero-order chi connectivity index (χ0) is 24.8. The highest BCUT2D eigenvalue weighted by Crippen LogP contribution is 2.66. The molecule has 2 aliphatic rings. The summed E-state index contributed by atoms with van der Waals surface area (Å²) in [5.41, 5.74) is 12.9. The maximum atomic E-state index is 5.07. The van der Waals surface area contributed by atoms with E-state index in [4.69, 9.17) is 9.97 Å². The van der Waals surface area contributed by atoms with Crippen LogP contribution in [-0.2, 0) is 5.41 Å². The highest BCUT2D eigenvalue weighted by molar-refractivity contribution is 7.20. The predicted octanol–water partition coefficient (Wildman–Crippen LogP) is 8.86. The van der Waals surface area contributed by atoms with Crippen LogP contribution in [0.1, 0.15) is 21.6 Å².